The number of amides is 1. The molecule has 9 heteroatoms. The Morgan fingerprint density at radius 1 is 1.09 bits per heavy atom. The van der Waals surface area contributed by atoms with Crippen molar-refractivity contribution in [1.29, 1.82) is 0 Å². The van der Waals surface area contributed by atoms with Crippen LogP contribution in [-0.2, 0) is 28.6 Å². The lowest BCUT2D eigenvalue weighted by molar-refractivity contribution is -0.150. The van der Waals surface area contributed by atoms with Crippen LogP contribution >= 0.6 is 0 Å². The summed E-state index contributed by atoms with van der Waals surface area (Å²) < 4.78 is 41.4. The second-order valence-electron chi connectivity index (χ2n) is 9.30. The molecule has 1 aliphatic carbocycles. The first kappa shape index (κ1) is 26.1. The Hall–Kier alpha value is -2.13. The lowest BCUT2D eigenvalue weighted by atomic mass is 9.83. The Bertz CT molecular complexity index is 869. The maximum Gasteiger partial charge on any atom is 0.407 e. The number of alkyl carbamates (subject to hydrolysis) is 1. The first-order valence-electron chi connectivity index (χ1n) is 11.0. The van der Waals surface area contributed by atoms with Gasteiger partial charge in [0, 0.05) is 0 Å². The number of benzene rings is 1. The minimum absolute atomic E-state index is 0.0781. The largest absolute Gasteiger partial charge is 0.467 e. The Kier molecular flexibility index (Phi) is 9.09. The highest BCUT2D eigenvalue weighted by Gasteiger charge is 2.38. The third-order valence-electron chi connectivity index (χ3n) is 5.35. The number of hydrogen-bond acceptors (Lipinski definition) is 7. The lowest BCUT2D eigenvalue weighted by Crippen LogP contribution is -2.51. The van der Waals surface area contributed by atoms with Gasteiger partial charge in [0.15, 0.2) is 6.10 Å². The van der Waals surface area contributed by atoms with E-state index in [4.69, 9.17) is 13.7 Å². The number of rotatable bonds is 8. The molecule has 1 fully saturated rings. The van der Waals surface area contributed by atoms with Gasteiger partial charge in [0.25, 0.3) is 10.1 Å². The second-order valence-corrected chi connectivity index (χ2v) is 10.9. The van der Waals surface area contributed by atoms with Crippen molar-refractivity contribution >= 4 is 22.2 Å². The molecule has 0 radical (unpaired) electrons. The first-order valence-corrected chi connectivity index (χ1v) is 12.4. The molecule has 0 saturated heterocycles. The molecule has 1 N–H and O–H groups in total. The van der Waals surface area contributed by atoms with Crippen LogP contribution < -0.4 is 5.32 Å². The molecule has 32 heavy (non-hydrogen) atoms. The van der Waals surface area contributed by atoms with E-state index in [-0.39, 0.29) is 10.8 Å². The van der Waals surface area contributed by atoms with Crippen molar-refractivity contribution in [3.63, 3.8) is 0 Å². The van der Waals surface area contributed by atoms with E-state index >= 15 is 0 Å². The van der Waals surface area contributed by atoms with Crippen LogP contribution in [0.3, 0.4) is 0 Å². The van der Waals surface area contributed by atoms with Crippen LogP contribution in [0.4, 0.5) is 4.79 Å². The summed E-state index contributed by atoms with van der Waals surface area (Å²) in [7, 11) is -3.13. The molecule has 0 spiro atoms. The first-order chi connectivity index (χ1) is 14.9. The number of ether oxygens (including phenoxy) is 2. The van der Waals surface area contributed by atoms with Gasteiger partial charge in [-0.05, 0) is 52.2 Å². The van der Waals surface area contributed by atoms with Crippen LogP contribution in [0, 0.1) is 12.8 Å². The highest BCUT2D eigenvalue weighted by molar-refractivity contribution is 7.86. The summed E-state index contributed by atoms with van der Waals surface area (Å²) in [5, 5.41) is 2.67. The van der Waals surface area contributed by atoms with Crippen molar-refractivity contribution in [2.75, 3.05) is 7.11 Å². The van der Waals surface area contributed by atoms with E-state index in [1.807, 2.05) is 6.92 Å². The molecule has 0 unspecified atom stereocenters. The zero-order valence-electron chi connectivity index (χ0n) is 19.6. The standard InChI is InChI=1S/C23H35NO7S/c1-16-11-13-18(14-12-16)32(27,28)31-20(21(25)29-5)19(15-17-9-7-6-8-10-17)24-22(26)30-23(2,3)4/h11-14,17,19-20H,6-10,15H2,1-5H3,(H,24,26)/t19-,20+/m0/s1. The van der Waals surface area contributed by atoms with Gasteiger partial charge in [-0.25, -0.2) is 13.8 Å². The van der Waals surface area contributed by atoms with E-state index in [9.17, 15) is 18.0 Å². The smallest absolute Gasteiger partial charge is 0.407 e. The van der Waals surface area contributed by atoms with Gasteiger partial charge in [-0.1, -0.05) is 49.8 Å². The number of methoxy groups -OCH3 is 1. The molecule has 1 aromatic rings. The topological polar surface area (TPSA) is 108 Å². The molecule has 2 atom stereocenters. The Balaban J connectivity index is 2.32. The van der Waals surface area contributed by atoms with E-state index < -0.39 is 39.9 Å². The van der Waals surface area contributed by atoms with E-state index in [0.717, 1.165) is 44.8 Å². The number of carbonyl (C=O) groups excluding carboxylic acids is 2. The number of carbonyl (C=O) groups is 2. The van der Waals surface area contributed by atoms with Crippen molar-refractivity contribution in [2.24, 2.45) is 5.92 Å². The molecule has 8 nitrogen and oxygen atoms in total. The summed E-state index contributed by atoms with van der Waals surface area (Å²) in [6, 6.07) is 5.18. The van der Waals surface area contributed by atoms with Gasteiger partial charge in [-0.3, -0.25) is 0 Å². The Labute approximate surface area is 191 Å². The van der Waals surface area contributed by atoms with Gasteiger partial charge in [-0.15, -0.1) is 0 Å². The van der Waals surface area contributed by atoms with E-state index in [1.165, 1.54) is 12.1 Å². The van der Waals surface area contributed by atoms with Crippen LogP contribution in [0.15, 0.2) is 29.2 Å². The summed E-state index contributed by atoms with van der Waals surface area (Å²) in [6.07, 6.45) is 3.20. The van der Waals surface area contributed by atoms with Crippen LogP contribution in [-0.4, -0.2) is 45.3 Å². The SMILES string of the molecule is COC(=O)[C@H](OS(=O)(=O)c1ccc(C)cc1)[C@H](CC1CCCCC1)NC(=O)OC(C)(C)C. The lowest BCUT2D eigenvalue weighted by Gasteiger charge is -2.31. The Morgan fingerprint density at radius 3 is 2.22 bits per heavy atom. The Morgan fingerprint density at radius 2 is 1.69 bits per heavy atom. The predicted molar refractivity (Wildman–Crippen MR) is 120 cm³/mol. The average molecular weight is 470 g/mol. The molecule has 1 amide bonds. The molecule has 0 heterocycles. The van der Waals surface area contributed by atoms with Crippen molar-refractivity contribution < 1.29 is 31.7 Å². The van der Waals surface area contributed by atoms with Crippen molar-refractivity contribution in [2.45, 2.75) is 88.9 Å². The molecule has 1 saturated carbocycles. The van der Waals surface area contributed by atoms with E-state index in [0.29, 0.717) is 6.42 Å². The quantitative estimate of drug-likeness (QED) is 0.451. The fraction of sp³-hybridized carbons (Fsp3) is 0.652. The summed E-state index contributed by atoms with van der Waals surface area (Å²) in [4.78, 5) is 25.1. The van der Waals surface area contributed by atoms with Gasteiger partial charge < -0.3 is 14.8 Å². The molecule has 1 aliphatic rings. The van der Waals surface area contributed by atoms with Crippen molar-refractivity contribution in [3.05, 3.63) is 29.8 Å². The third kappa shape index (κ3) is 8.09. The minimum Gasteiger partial charge on any atom is -0.467 e. The van der Waals surface area contributed by atoms with Crippen molar-refractivity contribution in [1.82, 2.24) is 5.32 Å². The minimum atomic E-state index is -4.28. The van der Waals surface area contributed by atoms with E-state index in [2.05, 4.69) is 5.32 Å². The van der Waals surface area contributed by atoms with Crippen LogP contribution in [0.2, 0.25) is 0 Å². The zero-order valence-corrected chi connectivity index (χ0v) is 20.4. The van der Waals surface area contributed by atoms with Gasteiger partial charge in [0.1, 0.15) is 5.60 Å². The predicted octanol–water partition coefficient (Wildman–Crippen LogP) is 4.11. The molecule has 1 aromatic carbocycles. The van der Waals surface area contributed by atoms with Gasteiger partial charge in [-0.2, -0.15) is 8.42 Å². The van der Waals surface area contributed by atoms with Crippen LogP contribution in [0.5, 0.6) is 0 Å². The number of aryl methyl sites for hydroxylation is 1. The maximum atomic E-state index is 12.9. The van der Waals surface area contributed by atoms with Crippen LogP contribution in [0.1, 0.15) is 64.9 Å². The molecular weight excluding hydrogens is 434 g/mol. The summed E-state index contributed by atoms with van der Waals surface area (Å²) in [6.45, 7) is 7.00. The second kappa shape index (κ2) is 11.1. The summed E-state index contributed by atoms with van der Waals surface area (Å²) in [5.41, 5.74) is 0.130. The highest BCUT2D eigenvalue weighted by atomic mass is 32.2. The molecule has 0 bridgehead atoms. The maximum absolute atomic E-state index is 12.9. The van der Waals surface area contributed by atoms with Crippen molar-refractivity contribution in [3.8, 4) is 0 Å². The fourth-order valence-electron chi connectivity index (χ4n) is 3.78. The van der Waals surface area contributed by atoms with Gasteiger partial charge in [0.2, 0.25) is 0 Å². The monoisotopic (exact) mass is 469 g/mol. The fourth-order valence-corrected chi connectivity index (χ4v) is 4.85. The number of hydrogen-bond donors (Lipinski definition) is 1. The van der Waals surface area contributed by atoms with Gasteiger partial charge in [0.05, 0.1) is 18.0 Å². The molecule has 2 rings (SSSR count). The summed E-state index contributed by atoms with van der Waals surface area (Å²) >= 11 is 0. The normalized spacial score (nSPS) is 17.3. The average Bonchev–Trinajstić information content (AvgIpc) is 2.71. The molecule has 0 aromatic heterocycles. The molecule has 180 valence electrons. The molecular formula is C23H35NO7S. The zero-order chi connectivity index (χ0) is 23.9. The molecule has 0 aliphatic heterocycles. The highest BCUT2D eigenvalue weighted by Crippen LogP contribution is 2.29. The van der Waals surface area contributed by atoms with E-state index in [1.54, 1.807) is 32.9 Å². The number of esters is 1. The summed E-state index contributed by atoms with van der Waals surface area (Å²) in [5.74, 6) is -0.654. The van der Waals surface area contributed by atoms with Gasteiger partial charge >= 0.3 is 12.1 Å². The third-order valence-corrected chi connectivity index (χ3v) is 6.66. The number of nitrogens with one attached hydrogen (secondary N) is 1. The van der Waals surface area contributed by atoms with Crippen LogP contribution in [0.25, 0.3) is 0 Å².